The highest BCUT2D eigenvalue weighted by Gasteiger charge is 2.31. The van der Waals surface area contributed by atoms with Gasteiger partial charge in [-0.15, -0.1) is 0 Å². The number of benzene rings is 1. The van der Waals surface area contributed by atoms with Gasteiger partial charge in [0.1, 0.15) is 0 Å². The lowest BCUT2D eigenvalue weighted by Gasteiger charge is -2.28. The first-order chi connectivity index (χ1) is 9.09. The number of hydrogen-bond acceptors (Lipinski definition) is 3. The van der Waals surface area contributed by atoms with Gasteiger partial charge < -0.3 is 15.7 Å². The summed E-state index contributed by atoms with van der Waals surface area (Å²) in [5.41, 5.74) is 6.57. The first-order valence-electron chi connectivity index (χ1n) is 6.88. The smallest absolute Gasteiger partial charge is 0.239 e. The molecule has 0 spiro atoms. The highest BCUT2D eigenvalue weighted by molar-refractivity contribution is 5.81. The molecule has 0 aromatic heterocycles. The summed E-state index contributed by atoms with van der Waals surface area (Å²) < 4.78 is 0. The quantitative estimate of drug-likeness (QED) is 0.863. The number of nitrogens with two attached hydrogens (primary N) is 1. The standard InChI is InChI=1S/C15H22N2O2/c1-11(16)15(19)17-9-5-8-13(17)10-14(18)12-6-3-2-4-7-12/h2-4,6-7,11,13-14,18H,5,8-10,16H2,1H3/t11-,13+,14+/m1/s1. The summed E-state index contributed by atoms with van der Waals surface area (Å²) in [5.74, 6) is -0.0113. The molecule has 104 valence electrons. The predicted molar refractivity (Wildman–Crippen MR) is 74.4 cm³/mol. The van der Waals surface area contributed by atoms with Gasteiger partial charge in [-0.05, 0) is 31.7 Å². The van der Waals surface area contributed by atoms with Crippen LogP contribution in [0.1, 0.15) is 37.9 Å². The molecule has 19 heavy (non-hydrogen) atoms. The maximum atomic E-state index is 12.0. The van der Waals surface area contributed by atoms with E-state index in [-0.39, 0.29) is 11.9 Å². The average Bonchev–Trinajstić information content (AvgIpc) is 2.86. The monoisotopic (exact) mass is 262 g/mol. The lowest BCUT2D eigenvalue weighted by molar-refractivity contribution is -0.133. The molecule has 1 amide bonds. The van der Waals surface area contributed by atoms with Crippen LogP contribution in [0.4, 0.5) is 0 Å². The zero-order chi connectivity index (χ0) is 13.8. The Bertz CT molecular complexity index is 419. The van der Waals surface area contributed by atoms with Crippen LogP contribution in [0.25, 0.3) is 0 Å². The number of rotatable bonds is 4. The third kappa shape index (κ3) is 3.33. The molecule has 1 aliphatic heterocycles. The highest BCUT2D eigenvalue weighted by atomic mass is 16.3. The van der Waals surface area contributed by atoms with Gasteiger partial charge in [0.2, 0.25) is 5.91 Å². The summed E-state index contributed by atoms with van der Waals surface area (Å²) in [6.45, 7) is 2.47. The molecule has 4 heteroatoms. The van der Waals surface area contributed by atoms with Crippen LogP contribution in [0.5, 0.6) is 0 Å². The number of aliphatic hydroxyl groups excluding tert-OH is 1. The maximum absolute atomic E-state index is 12.0. The summed E-state index contributed by atoms with van der Waals surface area (Å²) >= 11 is 0. The van der Waals surface area contributed by atoms with E-state index in [1.54, 1.807) is 6.92 Å². The molecule has 2 rings (SSSR count). The van der Waals surface area contributed by atoms with Crippen molar-refractivity contribution < 1.29 is 9.90 Å². The van der Waals surface area contributed by atoms with E-state index in [2.05, 4.69) is 0 Å². The van der Waals surface area contributed by atoms with Crippen molar-refractivity contribution >= 4 is 5.91 Å². The fraction of sp³-hybridized carbons (Fsp3) is 0.533. The molecule has 0 saturated carbocycles. The SMILES string of the molecule is C[C@@H](N)C(=O)N1CCC[C@H]1C[C@H](O)c1ccccc1. The maximum Gasteiger partial charge on any atom is 0.239 e. The van der Waals surface area contributed by atoms with Crippen molar-refractivity contribution in [2.45, 2.75) is 44.4 Å². The van der Waals surface area contributed by atoms with Crippen LogP contribution < -0.4 is 5.73 Å². The van der Waals surface area contributed by atoms with Crippen molar-refractivity contribution in [2.24, 2.45) is 5.73 Å². The normalized spacial score (nSPS) is 22.3. The van der Waals surface area contributed by atoms with E-state index < -0.39 is 12.1 Å². The molecule has 1 aromatic rings. The Morgan fingerprint density at radius 2 is 2.16 bits per heavy atom. The molecule has 0 aliphatic carbocycles. The molecule has 1 aliphatic rings. The van der Waals surface area contributed by atoms with Crippen LogP contribution in [0, 0.1) is 0 Å². The summed E-state index contributed by atoms with van der Waals surface area (Å²) in [6.07, 6.45) is 2.00. The van der Waals surface area contributed by atoms with Gasteiger partial charge in [0.15, 0.2) is 0 Å². The Morgan fingerprint density at radius 1 is 1.47 bits per heavy atom. The van der Waals surface area contributed by atoms with Crippen molar-refractivity contribution in [1.82, 2.24) is 4.90 Å². The fourth-order valence-corrected chi connectivity index (χ4v) is 2.70. The summed E-state index contributed by atoms with van der Waals surface area (Å²) in [4.78, 5) is 13.8. The number of hydrogen-bond donors (Lipinski definition) is 2. The van der Waals surface area contributed by atoms with Gasteiger partial charge in [-0.25, -0.2) is 0 Å². The summed E-state index contributed by atoms with van der Waals surface area (Å²) in [5, 5.41) is 10.2. The Kier molecular flexibility index (Phi) is 4.56. The van der Waals surface area contributed by atoms with Crippen LogP contribution >= 0.6 is 0 Å². The van der Waals surface area contributed by atoms with Gasteiger partial charge in [0, 0.05) is 12.6 Å². The second kappa shape index (κ2) is 6.17. The third-order valence-corrected chi connectivity index (χ3v) is 3.73. The predicted octanol–water partition coefficient (Wildman–Crippen LogP) is 1.45. The fourth-order valence-electron chi connectivity index (χ4n) is 2.70. The van der Waals surface area contributed by atoms with Gasteiger partial charge >= 0.3 is 0 Å². The minimum absolute atomic E-state index is 0.0113. The molecule has 1 heterocycles. The van der Waals surface area contributed by atoms with Gasteiger partial charge in [-0.1, -0.05) is 30.3 Å². The number of carbonyl (C=O) groups is 1. The number of carbonyl (C=O) groups excluding carboxylic acids is 1. The molecular weight excluding hydrogens is 240 g/mol. The van der Waals surface area contributed by atoms with Gasteiger partial charge in [-0.2, -0.15) is 0 Å². The van der Waals surface area contributed by atoms with Crippen LogP contribution in [-0.2, 0) is 4.79 Å². The molecule has 0 radical (unpaired) electrons. The Hall–Kier alpha value is -1.39. The molecule has 4 nitrogen and oxygen atoms in total. The van der Waals surface area contributed by atoms with E-state index in [1.165, 1.54) is 0 Å². The van der Waals surface area contributed by atoms with Crippen molar-refractivity contribution in [3.8, 4) is 0 Å². The minimum atomic E-state index is -0.521. The summed E-state index contributed by atoms with van der Waals surface area (Å²) in [6, 6.07) is 9.23. The Balaban J connectivity index is 2.00. The Morgan fingerprint density at radius 3 is 2.79 bits per heavy atom. The van der Waals surface area contributed by atoms with E-state index in [0.29, 0.717) is 6.42 Å². The topological polar surface area (TPSA) is 66.6 Å². The number of nitrogens with zero attached hydrogens (tertiary/aromatic N) is 1. The van der Waals surface area contributed by atoms with Crippen molar-refractivity contribution in [3.05, 3.63) is 35.9 Å². The van der Waals surface area contributed by atoms with Crippen LogP contribution in [0.3, 0.4) is 0 Å². The minimum Gasteiger partial charge on any atom is -0.388 e. The number of amides is 1. The van der Waals surface area contributed by atoms with Gasteiger partial charge in [0.25, 0.3) is 0 Å². The molecule has 3 N–H and O–H groups in total. The van der Waals surface area contributed by atoms with E-state index in [1.807, 2.05) is 35.2 Å². The number of likely N-dealkylation sites (tertiary alicyclic amines) is 1. The van der Waals surface area contributed by atoms with Gasteiger partial charge in [0.05, 0.1) is 12.1 Å². The van der Waals surface area contributed by atoms with Crippen LogP contribution in [0.15, 0.2) is 30.3 Å². The summed E-state index contributed by atoms with van der Waals surface area (Å²) in [7, 11) is 0. The highest BCUT2D eigenvalue weighted by Crippen LogP contribution is 2.27. The molecule has 1 saturated heterocycles. The molecule has 3 atom stereocenters. The van der Waals surface area contributed by atoms with Crippen molar-refractivity contribution in [1.29, 1.82) is 0 Å². The van der Waals surface area contributed by atoms with E-state index in [9.17, 15) is 9.90 Å². The third-order valence-electron chi connectivity index (χ3n) is 3.73. The molecular formula is C15H22N2O2. The van der Waals surface area contributed by atoms with E-state index in [4.69, 9.17) is 5.73 Å². The second-order valence-electron chi connectivity index (χ2n) is 5.28. The first kappa shape index (κ1) is 14.0. The largest absolute Gasteiger partial charge is 0.388 e. The lowest BCUT2D eigenvalue weighted by Crippen LogP contribution is -2.44. The van der Waals surface area contributed by atoms with Crippen LogP contribution in [0.2, 0.25) is 0 Å². The first-order valence-corrected chi connectivity index (χ1v) is 6.88. The van der Waals surface area contributed by atoms with Crippen molar-refractivity contribution in [3.63, 3.8) is 0 Å². The van der Waals surface area contributed by atoms with Gasteiger partial charge in [-0.3, -0.25) is 4.79 Å². The van der Waals surface area contributed by atoms with Crippen molar-refractivity contribution in [2.75, 3.05) is 6.54 Å². The van der Waals surface area contributed by atoms with Crippen LogP contribution in [-0.4, -0.2) is 34.5 Å². The zero-order valence-electron chi connectivity index (χ0n) is 11.3. The second-order valence-corrected chi connectivity index (χ2v) is 5.28. The molecule has 0 bridgehead atoms. The van der Waals surface area contributed by atoms with E-state index in [0.717, 1.165) is 24.9 Å². The number of aliphatic hydroxyl groups is 1. The Labute approximate surface area is 114 Å². The zero-order valence-corrected chi connectivity index (χ0v) is 11.3. The average molecular weight is 262 g/mol. The molecule has 1 aromatic carbocycles. The molecule has 0 unspecified atom stereocenters. The lowest BCUT2D eigenvalue weighted by atomic mass is 10.0. The van der Waals surface area contributed by atoms with E-state index >= 15 is 0 Å². The molecule has 1 fully saturated rings.